The first-order valence-electron chi connectivity index (χ1n) is 15.6. The summed E-state index contributed by atoms with van der Waals surface area (Å²) in [6, 6.07) is 17.0. The van der Waals surface area contributed by atoms with Crippen molar-refractivity contribution < 1.29 is 24.5 Å². The number of halogens is 2. The van der Waals surface area contributed by atoms with Crippen molar-refractivity contribution in [1.82, 2.24) is 19.8 Å². The predicted octanol–water partition coefficient (Wildman–Crippen LogP) is 5.13. The third-order valence-corrected chi connectivity index (χ3v) is 9.60. The Morgan fingerprint density at radius 2 is 1.68 bits per heavy atom. The summed E-state index contributed by atoms with van der Waals surface area (Å²) in [6.45, 7) is 3.81. The number of β-amino-alcohol motifs (C(OH)–C–C–N with tert-alkyl or cyclic N) is 2. The molecule has 2 fully saturated rings. The smallest absolute Gasteiger partial charge is 0.258 e. The number of aliphatic hydroxyl groups is 2. The Kier molecular flexibility index (Phi) is 9.06. The van der Waals surface area contributed by atoms with Crippen molar-refractivity contribution in [2.75, 3.05) is 38.6 Å². The van der Waals surface area contributed by atoms with Crippen LogP contribution >= 0.6 is 23.2 Å². The van der Waals surface area contributed by atoms with Crippen molar-refractivity contribution in [2.24, 2.45) is 0 Å². The summed E-state index contributed by atoms with van der Waals surface area (Å²) in [5, 5.41) is 22.8. The molecule has 244 valence electrons. The number of benzene rings is 2. The van der Waals surface area contributed by atoms with Gasteiger partial charge >= 0.3 is 0 Å². The van der Waals surface area contributed by atoms with Crippen LogP contribution in [0.1, 0.15) is 45.1 Å². The molecule has 1 amide bonds. The number of aliphatic hydroxyl groups excluding tert-OH is 2. The molecule has 0 unspecified atom stereocenters. The predicted molar refractivity (Wildman–Crippen MR) is 179 cm³/mol. The van der Waals surface area contributed by atoms with Crippen molar-refractivity contribution in [2.45, 2.75) is 44.2 Å². The zero-order valence-electron chi connectivity index (χ0n) is 25.8. The molecule has 10 nitrogen and oxygen atoms in total. The van der Waals surface area contributed by atoms with Gasteiger partial charge in [-0.3, -0.25) is 14.6 Å². The first-order valence-corrected chi connectivity index (χ1v) is 16.4. The van der Waals surface area contributed by atoms with Crippen molar-refractivity contribution in [3.63, 3.8) is 0 Å². The van der Waals surface area contributed by atoms with E-state index in [1.807, 2.05) is 42.5 Å². The Morgan fingerprint density at radius 3 is 2.38 bits per heavy atom. The molecule has 4 aromatic rings. The summed E-state index contributed by atoms with van der Waals surface area (Å²) in [5.41, 5.74) is 6.00. The summed E-state index contributed by atoms with van der Waals surface area (Å²) in [6.07, 6.45) is 2.37. The number of ether oxygens (including phenoxy) is 2. The van der Waals surface area contributed by atoms with Crippen LogP contribution < -0.4 is 14.8 Å². The van der Waals surface area contributed by atoms with Crippen LogP contribution in [0.3, 0.4) is 0 Å². The summed E-state index contributed by atoms with van der Waals surface area (Å²) >= 11 is 13.6. The molecule has 1 atom stereocenters. The number of rotatable bonds is 10. The second-order valence-corrected chi connectivity index (χ2v) is 13.1. The average molecular weight is 677 g/mol. The SMILES string of the molecule is COc1nc(O[C@H]2CCc3c(-c4cccc(C(=O)Nc5ccc(CN6CC(O)C6)cn5)c4Cl)cccc32)c(Cl)cc1CN1CC(O)C1. The number of pyridine rings is 2. The number of hydrogen-bond donors (Lipinski definition) is 3. The van der Waals surface area contributed by atoms with Crippen LogP contribution in [0.2, 0.25) is 10.0 Å². The maximum absolute atomic E-state index is 13.3. The second kappa shape index (κ2) is 13.4. The molecule has 3 aliphatic rings. The molecule has 0 radical (unpaired) electrons. The standard InChI is InChI=1S/C35H35Cl2N5O5/c1-46-34-21(15-42-18-23(44)19-42)12-29(36)35(40-34)47-30-10-9-25-24(4-2-5-26(25)30)27-6-3-7-28(32(27)37)33(45)39-31-11-8-20(13-38-31)14-41-16-22(43)17-41/h2-8,11-13,22-23,30,43-44H,9-10,14-19H2,1H3,(H,38,39,45)/t30-/m0/s1. The normalized spacial score (nSPS) is 18.4. The lowest BCUT2D eigenvalue weighted by atomic mass is 9.95. The van der Waals surface area contributed by atoms with E-state index in [-0.39, 0.29) is 24.2 Å². The topological polar surface area (TPSA) is 120 Å². The van der Waals surface area contributed by atoms with Gasteiger partial charge in [0.15, 0.2) is 0 Å². The molecule has 2 aromatic carbocycles. The van der Waals surface area contributed by atoms with E-state index in [4.69, 9.17) is 32.7 Å². The highest BCUT2D eigenvalue weighted by Crippen LogP contribution is 2.43. The van der Waals surface area contributed by atoms with Crippen molar-refractivity contribution >= 4 is 34.9 Å². The van der Waals surface area contributed by atoms with Crippen LogP contribution in [0.15, 0.2) is 60.8 Å². The molecular formula is C35H35Cl2N5O5. The first-order chi connectivity index (χ1) is 22.7. The number of carbonyl (C=O) groups is 1. The number of aromatic nitrogens is 2. The van der Waals surface area contributed by atoms with E-state index in [0.29, 0.717) is 72.5 Å². The minimum atomic E-state index is -0.347. The van der Waals surface area contributed by atoms with Crippen LogP contribution in [0, 0.1) is 0 Å². The van der Waals surface area contributed by atoms with Gasteiger partial charge in [0, 0.05) is 56.6 Å². The third kappa shape index (κ3) is 6.67. The lowest BCUT2D eigenvalue weighted by molar-refractivity contribution is -0.00342. The van der Waals surface area contributed by atoms with Gasteiger partial charge in [-0.15, -0.1) is 0 Å². The maximum Gasteiger partial charge on any atom is 0.258 e. The number of fused-ring (bicyclic) bond motifs is 1. The fraction of sp³-hybridized carbons (Fsp3) is 0.343. The zero-order valence-corrected chi connectivity index (χ0v) is 27.3. The molecular weight excluding hydrogens is 641 g/mol. The quantitative estimate of drug-likeness (QED) is 0.210. The summed E-state index contributed by atoms with van der Waals surface area (Å²) in [5.74, 6) is 0.830. The van der Waals surface area contributed by atoms with E-state index in [2.05, 4.69) is 25.1 Å². The van der Waals surface area contributed by atoms with Crippen LogP contribution in [0.5, 0.6) is 11.8 Å². The minimum Gasteiger partial charge on any atom is -0.481 e. The lowest BCUT2D eigenvalue weighted by Gasteiger charge is -2.35. The zero-order chi connectivity index (χ0) is 32.7. The molecule has 47 heavy (non-hydrogen) atoms. The van der Waals surface area contributed by atoms with Gasteiger partial charge in [-0.2, -0.15) is 4.98 Å². The number of anilines is 1. The van der Waals surface area contributed by atoms with E-state index >= 15 is 0 Å². The highest BCUT2D eigenvalue weighted by atomic mass is 35.5. The Balaban J connectivity index is 1.07. The second-order valence-electron chi connectivity index (χ2n) is 12.3. The Morgan fingerprint density at radius 1 is 0.957 bits per heavy atom. The van der Waals surface area contributed by atoms with E-state index in [9.17, 15) is 15.0 Å². The summed E-state index contributed by atoms with van der Waals surface area (Å²) < 4.78 is 11.9. The molecule has 7 rings (SSSR count). The average Bonchev–Trinajstić information content (AvgIpc) is 3.44. The van der Waals surface area contributed by atoms with E-state index in [0.717, 1.165) is 46.2 Å². The molecule has 2 aliphatic heterocycles. The van der Waals surface area contributed by atoms with Crippen LogP contribution in [0.25, 0.3) is 11.1 Å². The lowest BCUT2D eigenvalue weighted by Crippen LogP contribution is -2.49. The van der Waals surface area contributed by atoms with Gasteiger partial charge in [0.1, 0.15) is 16.9 Å². The van der Waals surface area contributed by atoms with E-state index in [1.54, 1.807) is 25.4 Å². The summed E-state index contributed by atoms with van der Waals surface area (Å²) in [7, 11) is 1.57. The van der Waals surface area contributed by atoms with Gasteiger partial charge in [0.05, 0.1) is 29.9 Å². The number of carbonyl (C=O) groups excluding carboxylic acids is 1. The van der Waals surface area contributed by atoms with Crippen molar-refractivity contribution in [1.29, 1.82) is 0 Å². The summed E-state index contributed by atoms with van der Waals surface area (Å²) in [4.78, 5) is 26.6. The van der Waals surface area contributed by atoms with Gasteiger partial charge in [0.25, 0.3) is 5.91 Å². The largest absolute Gasteiger partial charge is 0.481 e. The molecule has 12 heteroatoms. The van der Waals surface area contributed by atoms with Crippen molar-refractivity contribution in [3.05, 3.63) is 98.7 Å². The molecule has 0 saturated carbocycles. The van der Waals surface area contributed by atoms with Gasteiger partial charge in [-0.25, -0.2) is 4.98 Å². The molecule has 2 saturated heterocycles. The van der Waals surface area contributed by atoms with E-state index in [1.165, 1.54) is 0 Å². The Hall–Kier alpha value is -3.77. The molecule has 4 heterocycles. The number of methoxy groups -OCH3 is 1. The van der Waals surface area contributed by atoms with E-state index < -0.39 is 0 Å². The number of nitrogens with zero attached hydrogens (tertiary/aromatic N) is 4. The fourth-order valence-corrected chi connectivity index (χ4v) is 7.06. The Labute approximate surface area is 282 Å². The number of hydrogen-bond acceptors (Lipinski definition) is 9. The van der Waals surface area contributed by atoms with Gasteiger partial charge < -0.3 is 25.0 Å². The minimum absolute atomic E-state index is 0.254. The van der Waals surface area contributed by atoms with Gasteiger partial charge in [-0.05, 0) is 53.3 Å². The first kappa shape index (κ1) is 31.8. The monoisotopic (exact) mass is 675 g/mol. The van der Waals surface area contributed by atoms with Crippen LogP contribution in [0.4, 0.5) is 5.82 Å². The van der Waals surface area contributed by atoms with Gasteiger partial charge in [-0.1, -0.05) is 59.6 Å². The number of amides is 1. The molecule has 0 spiro atoms. The van der Waals surface area contributed by atoms with Crippen LogP contribution in [-0.4, -0.2) is 81.4 Å². The Bertz CT molecular complexity index is 1790. The number of nitrogens with one attached hydrogen (secondary N) is 1. The highest BCUT2D eigenvalue weighted by molar-refractivity contribution is 6.37. The van der Waals surface area contributed by atoms with Gasteiger partial charge in [0.2, 0.25) is 11.8 Å². The number of likely N-dealkylation sites (tertiary alicyclic amines) is 2. The van der Waals surface area contributed by atoms with Crippen molar-refractivity contribution in [3.8, 4) is 22.9 Å². The maximum atomic E-state index is 13.3. The molecule has 0 bridgehead atoms. The molecule has 3 N–H and O–H groups in total. The highest BCUT2D eigenvalue weighted by Gasteiger charge is 2.30. The molecule has 1 aliphatic carbocycles. The fourth-order valence-electron chi connectivity index (χ4n) is 6.53. The third-order valence-electron chi connectivity index (χ3n) is 8.92. The van der Waals surface area contributed by atoms with Crippen LogP contribution in [-0.2, 0) is 19.5 Å². The molecule has 2 aromatic heterocycles.